The molecule has 0 fully saturated rings. The fourth-order valence-corrected chi connectivity index (χ4v) is 3.66. The Kier molecular flexibility index (Phi) is 3.92. The third kappa shape index (κ3) is 3.59. The number of benzene rings is 2. The molecule has 96 valence electrons. The molecule has 0 aromatic heterocycles. The number of rotatable bonds is 1. The van der Waals surface area contributed by atoms with Gasteiger partial charge in [0.15, 0.2) is 0 Å². The number of hydrogen-bond acceptors (Lipinski definition) is 0. The molecule has 0 aliphatic heterocycles. The average Bonchev–Trinajstić information content (AvgIpc) is 2.37. The van der Waals surface area contributed by atoms with Crippen molar-refractivity contribution in [1.82, 2.24) is 0 Å². The third-order valence-corrected chi connectivity index (χ3v) is 5.13. The zero-order valence-corrected chi connectivity index (χ0v) is 13.1. The van der Waals surface area contributed by atoms with Crippen LogP contribution in [0.15, 0.2) is 48.5 Å². The van der Waals surface area contributed by atoms with E-state index < -0.39 is 8.07 Å². The highest BCUT2D eigenvalue weighted by Gasteiger charge is 2.19. The van der Waals surface area contributed by atoms with Gasteiger partial charge in [0, 0.05) is 11.1 Å². The Morgan fingerprint density at radius 2 is 1.53 bits per heavy atom. The lowest BCUT2D eigenvalue weighted by molar-refractivity contribution is 1.47. The van der Waals surface area contributed by atoms with Gasteiger partial charge in [-0.2, -0.15) is 0 Å². The van der Waals surface area contributed by atoms with E-state index in [1.54, 1.807) is 0 Å². The van der Waals surface area contributed by atoms with Gasteiger partial charge in [0.1, 0.15) is 0 Å². The summed E-state index contributed by atoms with van der Waals surface area (Å²) in [5.74, 6) is 6.61. The van der Waals surface area contributed by atoms with Gasteiger partial charge in [0.05, 0.1) is 8.07 Å². The largest absolute Gasteiger partial charge is 0.0792 e. The van der Waals surface area contributed by atoms with E-state index in [-0.39, 0.29) is 0 Å². The molecular weight excluding hydrogens is 244 g/mol. The van der Waals surface area contributed by atoms with Crippen LogP contribution >= 0.6 is 0 Å². The first kappa shape index (κ1) is 13.6. The second-order valence-corrected chi connectivity index (χ2v) is 11.0. The molecule has 0 heterocycles. The van der Waals surface area contributed by atoms with Crippen LogP contribution in [0.5, 0.6) is 0 Å². The Bertz CT molecular complexity index is 622. The molecule has 0 aliphatic carbocycles. The molecule has 0 bridgehead atoms. The highest BCUT2D eigenvalue weighted by Crippen LogP contribution is 2.09. The molecule has 0 nitrogen and oxygen atoms in total. The lowest BCUT2D eigenvalue weighted by Gasteiger charge is -2.19. The molecule has 0 atom stereocenters. The van der Waals surface area contributed by atoms with Gasteiger partial charge in [-0.15, -0.1) is 0 Å². The minimum absolute atomic E-state index is 1.07. The van der Waals surface area contributed by atoms with Crippen LogP contribution in [0, 0.1) is 18.8 Å². The summed E-state index contributed by atoms with van der Waals surface area (Å²) in [6, 6.07) is 16.8. The summed E-state index contributed by atoms with van der Waals surface area (Å²) < 4.78 is 0. The Morgan fingerprint density at radius 3 is 2.16 bits per heavy atom. The molecule has 0 aliphatic rings. The van der Waals surface area contributed by atoms with E-state index in [0.717, 1.165) is 5.56 Å². The fourth-order valence-electron chi connectivity index (χ4n) is 2.05. The minimum atomic E-state index is -1.35. The Morgan fingerprint density at radius 1 is 0.842 bits per heavy atom. The van der Waals surface area contributed by atoms with Crippen LogP contribution < -0.4 is 5.19 Å². The van der Waals surface area contributed by atoms with Crippen LogP contribution in [0.1, 0.15) is 16.7 Å². The molecule has 0 unspecified atom stereocenters. The van der Waals surface area contributed by atoms with Gasteiger partial charge >= 0.3 is 0 Å². The first-order valence-electron chi connectivity index (χ1n) is 6.65. The van der Waals surface area contributed by atoms with Gasteiger partial charge < -0.3 is 0 Å². The molecule has 0 amide bonds. The van der Waals surface area contributed by atoms with Gasteiger partial charge in [-0.25, -0.2) is 0 Å². The van der Waals surface area contributed by atoms with Crippen molar-refractivity contribution in [3.8, 4) is 11.8 Å². The summed E-state index contributed by atoms with van der Waals surface area (Å²) in [5, 5.41) is 1.45. The van der Waals surface area contributed by atoms with E-state index in [4.69, 9.17) is 0 Å². The summed E-state index contributed by atoms with van der Waals surface area (Å²) in [6.45, 7) is 9.26. The molecule has 0 spiro atoms. The van der Waals surface area contributed by atoms with E-state index >= 15 is 0 Å². The van der Waals surface area contributed by atoms with Gasteiger partial charge in [-0.3, -0.25) is 0 Å². The summed E-state index contributed by atoms with van der Waals surface area (Å²) in [5.41, 5.74) is 3.58. The highest BCUT2D eigenvalue weighted by molar-refractivity contribution is 6.89. The van der Waals surface area contributed by atoms with E-state index in [1.165, 1.54) is 16.3 Å². The Labute approximate surface area is 117 Å². The van der Waals surface area contributed by atoms with Gasteiger partial charge in [0.25, 0.3) is 0 Å². The van der Waals surface area contributed by atoms with Crippen LogP contribution in [0.4, 0.5) is 0 Å². The zero-order valence-electron chi connectivity index (χ0n) is 12.1. The first-order valence-corrected chi connectivity index (χ1v) is 10.1. The molecule has 19 heavy (non-hydrogen) atoms. The van der Waals surface area contributed by atoms with E-state index in [2.05, 4.69) is 68.7 Å². The molecule has 2 aromatic carbocycles. The van der Waals surface area contributed by atoms with Crippen molar-refractivity contribution in [3.63, 3.8) is 0 Å². The summed E-state index contributed by atoms with van der Waals surface area (Å²) >= 11 is 0. The minimum Gasteiger partial charge on any atom is -0.0656 e. The predicted octanol–water partition coefficient (Wildman–Crippen LogP) is 3.94. The van der Waals surface area contributed by atoms with Crippen LogP contribution in [-0.2, 0) is 0 Å². The topological polar surface area (TPSA) is 0 Å². The van der Waals surface area contributed by atoms with Crippen molar-refractivity contribution >= 4 is 13.3 Å². The number of hydrogen-bond donors (Lipinski definition) is 0. The number of aryl methyl sites for hydroxylation is 1. The van der Waals surface area contributed by atoms with Crippen molar-refractivity contribution in [2.24, 2.45) is 0 Å². The monoisotopic (exact) mass is 264 g/mol. The van der Waals surface area contributed by atoms with Gasteiger partial charge in [0.2, 0.25) is 0 Å². The van der Waals surface area contributed by atoms with Gasteiger partial charge in [-0.1, -0.05) is 67.4 Å². The molecular formula is C18H20Si. The lowest BCUT2D eigenvalue weighted by Crippen LogP contribution is -2.39. The molecule has 2 aromatic rings. The molecule has 1 heteroatoms. The predicted molar refractivity (Wildman–Crippen MR) is 86.6 cm³/mol. The maximum atomic E-state index is 3.35. The van der Waals surface area contributed by atoms with Crippen molar-refractivity contribution in [2.75, 3.05) is 0 Å². The second-order valence-electron chi connectivity index (χ2n) is 5.92. The maximum absolute atomic E-state index is 3.35. The summed E-state index contributed by atoms with van der Waals surface area (Å²) in [7, 11) is -1.35. The molecule has 0 radical (unpaired) electrons. The van der Waals surface area contributed by atoms with Crippen LogP contribution in [0.2, 0.25) is 19.6 Å². The average molecular weight is 264 g/mol. The van der Waals surface area contributed by atoms with E-state index in [9.17, 15) is 0 Å². The third-order valence-electron chi connectivity index (χ3n) is 3.10. The maximum Gasteiger partial charge on any atom is 0.0792 e. The normalized spacial score (nSPS) is 10.7. The van der Waals surface area contributed by atoms with Crippen molar-refractivity contribution in [1.29, 1.82) is 0 Å². The van der Waals surface area contributed by atoms with E-state index in [1.807, 2.05) is 18.2 Å². The Balaban J connectivity index is 2.44. The van der Waals surface area contributed by atoms with Crippen LogP contribution in [-0.4, -0.2) is 8.07 Å². The molecule has 0 N–H and O–H groups in total. The van der Waals surface area contributed by atoms with Crippen LogP contribution in [0.25, 0.3) is 0 Å². The molecule has 0 saturated carbocycles. The standard InChI is InChI=1S/C18H20Si/c1-15-10-12-17(18(14-15)19(2,3)4)13-11-16-8-6-5-7-9-16/h5-10,12,14H,1-4H3. The van der Waals surface area contributed by atoms with E-state index in [0.29, 0.717) is 0 Å². The summed E-state index contributed by atoms with van der Waals surface area (Å²) in [6.07, 6.45) is 0. The first-order chi connectivity index (χ1) is 8.97. The van der Waals surface area contributed by atoms with Crippen LogP contribution in [0.3, 0.4) is 0 Å². The van der Waals surface area contributed by atoms with Gasteiger partial charge in [-0.05, 0) is 30.3 Å². The Hall–Kier alpha value is -1.78. The SMILES string of the molecule is Cc1ccc(C#Cc2ccccc2)c([Si](C)(C)C)c1. The lowest BCUT2D eigenvalue weighted by atomic mass is 10.1. The molecule has 2 rings (SSSR count). The van der Waals surface area contributed by atoms with Crippen molar-refractivity contribution in [3.05, 3.63) is 65.2 Å². The molecule has 0 saturated heterocycles. The second kappa shape index (κ2) is 5.46. The quantitative estimate of drug-likeness (QED) is 0.540. The fraction of sp³-hybridized carbons (Fsp3) is 0.222. The van der Waals surface area contributed by atoms with Crippen molar-refractivity contribution < 1.29 is 0 Å². The summed E-state index contributed by atoms with van der Waals surface area (Å²) in [4.78, 5) is 0. The zero-order chi connectivity index (χ0) is 13.9. The highest BCUT2D eigenvalue weighted by atomic mass is 28.3. The van der Waals surface area contributed by atoms with Crippen molar-refractivity contribution in [2.45, 2.75) is 26.6 Å². The smallest absolute Gasteiger partial charge is 0.0656 e.